The van der Waals surface area contributed by atoms with Gasteiger partial charge in [-0.05, 0) is 72.8 Å². The van der Waals surface area contributed by atoms with E-state index in [4.69, 9.17) is 27.9 Å². The fourth-order valence-electron chi connectivity index (χ4n) is 3.73. The number of carbonyl (C=O) groups is 3. The Labute approximate surface area is 241 Å². The van der Waals surface area contributed by atoms with Gasteiger partial charge < -0.3 is 15.4 Å². The predicted molar refractivity (Wildman–Crippen MR) is 160 cm³/mol. The third kappa shape index (κ3) is 7.26. The summed E-state index contributed by atoms with van der Waals surface area (Å²) in [5, 5.41) is 6.33. The number of anilines is 1. The maximum Gasteiger partial charge on any atom is 0.272 e. The van der Waals surface area contributed by atoms with E-state index in [1.807, 2.05) is 0 Å². The van der Waals surface area contributed by atoms with Crippen LogP contribution in [0, 0.1) is 0 Å². The molecule has 2 N–H and O–H groups in total. The van der Waals surface area contributed by atoms with Crippen LogP contribution in [0.1, 0.15) is 31.8 Å². The minimum absolute atomic E-state index is 0.0121. The molecule has 200 valence electrons. The van der Waals surface area contributed by atoms with Gasteiger partial charge in [0.1, 0.15) is 11.4 Å². The van der Waals surface area contributed by atoms with Crippen LogP contribution in [-0.2, 0) is 4.79 Å². The highest BCUT2D eigenvalue weighted by Crippen LogP contribution is 2.26. The summed E-state index contributed by atoms with van der Waals surface area (Å²) in [5.74, 6) is -0.720. The van der Waals surface area contributed by atoms with Crippen molar-refractivity contribution in [2.24, 2.45) is 0 Å². The smallest absolute Gasteiger partial charge is 0.272 e. The van der Waals surface area contributed by atoms with Crippen molar-refractivity contribution in [2.75, 3.05) is 12.4 Å². The number of amides is 2. The first-order valence-corrected chi connectivity index (χ1v) is 12.9. The molecule has 0 saturated heterocycles. The van der Waals surface area contributed by atoms with Crippen LogP contribution in [0.5, 0.6) is 5.75 Å². The van der Waals surface area contributed by atoms with Crippen LogP contribution in [0.3, 0.4) is 0 Å². The second-order valence-electron chi connectivity index (χ2n) is 8.48. The first-order chi connectivity index (χ1) is 19.4. The van der Waals surface area contributed by atoms with Gasteiger partial charge in [-0.15, -0.1) is 0 Å². The number of rotatable bonds is 9. The molecule has 0 radical (unpaired) electrons. The Hall–Kier alpha value is -4.65. The third-order valence-electron chi connectivity index (χ3n) is 5.80. The molecular formula is C32H24Cl2N2O4. The molecule has 0 aliphatic heterocycles. The number of methoxy groups -OCH3 is 1. The summed E-state index contributed by atoms with van der Waals surface area (Å²) in [6.45, 7) is 0. The number of ketones is 1. The molecule has 4 aromatic carbocycles. The monoisotopic (exact) mass is 570 g/mol. The lowest BCUT2D eigenvalue weighted by atomic mass is 10.1. The Morgan fingerprint density at radius 1 is 0.750 bits per heavy atom. The molecule has 0 saturated carbocycles. The van der Waals surface area contributed by atoms with Crippen molar-refractivity contribution in [3.05, 3.63) is 141 Å². The molecule has 0 unspecified atom stereocenters. The predicted octanol–water partition coefficient (Wildman–Crippen LogP) is 7.31. The van der Waals surface area contributed by atoms with Crippen molar-refractivity contribution in [3.63, 3.8) is 0 Å². The molecule has 2 amide bonds. The molecular weight excluding hydrogens is 547 g/mol. The zero-order valence-electron chi connectivity index (χ0n) is 21.4. The molecule has 0 bridgehead atoms. The van der Waals surface area contributed by atoms with Crippen LogP contribution in [0.25, 0.3) is 12.2 Å². The molecule has 0 fully saturated rings. The van der Waals surface area contributed by atoms with E-state index < -0.39 is 11.8 Å². The van der Waals surface area contributed by atoms with Gasteiger partial charge in [-0.2, -0.15) is 0 Å². The van der Waals surface area contributed by atoms with Gasteiger partial charge in [0, 0.05) is 38.0 Å². The summed E-state index contributed by atoms with van der Waals surface area (Å²) < 4.78 is 5.39. The van der Waals surface area contributed by atoms with E-state index in [1.165, 1.54) is 19.3 Å². The minimum Gasteiger partial charge on any atom is -0.496 e. The van der Waals surface area contributed by atoms with Crippen LogP contribution in [0.15, 0.2) is 109 Å². The van der Waals surface area contributed by atoms with Gasteiger partial charge in [0.05, 0.1) is 7.11 Å². The standard InChI is InChI=1S/C32H24Cl2N2O4/c1-40-30-13-6-5-10-23(30)20-28(36-31(38)22-8-3-2-4-9-22)32(39)35-24-16-14-21(15-17-24)29(37)19-18-25-26(33)11-7-12-27(25)34/h2-20H,1H3,(H,35,39)(H,36,38)/b19-18+,28-20-. The van der Waals surface area contributed by atoms with E-state index in [9.17, 15) is 14.4 Å². The molecule has 0 aromatic heterocycles. The van der Waals surface area contributed by atoms with Crippen molar-refractivity contribution >= 4 is 58.6 Å². The lowest BCUT2D eigenvalue weighted by Gasteiger charge is -2.13. The number of ether oxygens (including phenoxy) is 1. The number of halogens is 2. The van der Waals surface area contributed by atoms with Crippen molar-refractivity contribution < 1.29 is 19.1 Å². The highest BCUT2D eigenvalue weighted by atomic mass is 35.5. The van der Waals surface area contributed by atoms with E-state index in [0.29, 0.717) is 43.7 Å². The summed E-state index contributed by atoms with van der Waals surface area (Å²) in [7, 11) is 1.52. The number of para-hydroxylation sites is 1. The lowest BCUT2D eigenvalue weighted by Crippen LogP contribution is -2.30. The van der Waals surface area contributed by atoms with Gasteiger partial charge in [0.2, 0.25) is 0 Å². The van der Waals surface area contributed by atoms with Crippen LogP contribution >= 0.6 is 23.2 Å². The number of hydrogen-bond donors (Lipinski definition) is 2. The normalized spacial score (nSPS) is 11.2. The van der Waals surface area contributed by atoms with Crippen LogP contribution in [-0.4, -0.2) is 24.7 Å². The van der Waals surface area contributed by atoms with Crippen LogP contribution in [0.4, 0.5) is 5.69 Å². The SMILES string of the molecule is COc1ccccc1/C=C(\NC(=O)c1ccccc1)C(=O)Nc1ccc(C(=O)/C=C/c2c(Cl)cccc2Cl)cc1. The first kappa shape index (κ1) is 28.4. The maximum absolute atomic E-state index is 13.3. The zero-order chi connectivity index (χ0) is 28.5. The van der Waals surface area contributed by atoms with E-state index in [-0.39, 0.29) is 11.5 Å². The minimum atomic E-state index is -0.553. The second kappa shape index (κ2) is 13.4. The first-order valence-electron chi connectivity index (χ1n) is 12.1. The summed E-state index contributed by atoms with van der Waals surface area (Å²) in [6, 6.07) is 27.2. The van der Waals surface area contributed by atoms with E-state index in [1.54, 1.807) is 103 Å². The van der Waals surface area contributed by atoms with Crippen molar-refractivity contribution in [1.82, 2.24) is 5.32 Å². The molecule has 0 aliphatic rings. The summed E-state index contributed by atoms with van der Waals surface area (Å²) in [6.07, 6.45) is 4.48. The maximum atomic E-state index is 13.3. The quantitative estimate of drug-likeness (QED) is 0.163. The van der Waals surface area contributed by atoms with Gasteiger partial charge in [0.25, 0.3) is 11.8 Å². The Balaban J connectivity index is 1.53. The Morgan fingerprint density at radius 2 is 1.40 bits per heavy atom. The molecule has 8 heteroatoms. The zero-order valence-corrected chi connectivity index (χ0v) is 22.9. The molecule has 0 atom stereocenters. The Bertz CT molecular complexity index is 1580. The van der Waals surface area contributed by atoms with E-state index >= 15 is 0 Å². The number of allylic oxidation sites excluding steroid dienone is 1. The van der Waals surface area contributed by atoms with Gasteiger partial charge in [0.15, 0.2) is 5.78 Å². The Morgan fingerprint density at radius 3 is 2.08 bits per heavy atom. The summed E-state index contributed by atoms with van der Waals surface area (Å²) in [5.41, 5.74) is 2.40. The van der Waals surface area contributed by atoms with Crippen molar-refractivity contribution in [2.45, 2.75) is 0 Å². The van der Waals surface area contributed by atoms with Crippen molar-refractivity contribution in [1.29, 1.82) is 0 Å². The van der Waals surface area contributed by atoms with Crippen molar-refractivity contribution in [3.8, 4) is 5.75 Å². The molecule has 4 aromatic rings. The molecule has 4 rings (SSSR count). The van der Waals surface area contributed by atoms with Crippen LogP contribution in [0.2, 0.25) is 10.0 Å². The molecule has 6 nitrogen and oxygen atoms in total. The van der Waals surface area contributed by atoms with Gasteiger partial charge in [-0.25, -0.2) is 0 Å². The number of carbonyl (C=O) groups excluding carboxylic acids is 3. The average Bonchev–Trinajstić information content (AvgIpc) is 2.97. The van der Waals surface area contributed by atoms with E-state index in [0.717, 1.165) is 0 Å². The fourth-order valence-corrected chi connectivity index (χ4v) is 4.25. The average molecular weight is 571 g/mol. The highest BCUT2D eigenvalue weighted by Gasteiger charge is 2.16. The fraction of sp³-hybridized carbons (Fsp3) is 0.0312. The van der Waals surface area contributed by atoms with Crippen LogP contribution < -0.4 is 15.4 Å². The second-order valence-corrected chi connectivity index (χ2v) is 9.30. The topological polar surface area (TPSA) is 84.5 Å². The summed E-state index contributed by atoms with van der Waals surface area (Å²) in [4.78, 5) is 38.8. The number of hydrogen-bond acceptors (Lipinski definition) is 4. The van der Waals surface area contributed by atoms with Gasteiger partial charge >= 0.3 is 0 Å². The molecule has 0 spiro atoms. The van der Waals surface area contributed by atoms with E-state index in [2.05, 4.69) is 10.6 Å². The van der Waals surface area contributed by atoms with Gasteiger partial charge in [-0.3, -0.25) is 14.4 Å². The molecule has 0 heterocycles. The summed E-state index contributed by atoms with van der Waals surface area (Å²) >= 11 is 12.3. The third-order valence-corrected chi connectivity index (χ3v) is 6.46. The molecule has 40 heavy (non-hydrogen) atoms. The largest absolute Gasteiger partial charge is 0.496 e. The number of benzene rings is 4. The number of nitrogens with one attached hydrogen (secondary N) is 2. The van der Waals surface area contributed by atoms with Gasteiger partial charge in [-0.1, -0.05) is 65.7 Å². The highest BCUT2D eigenvalue weighted by molar-refractivity contribution is 6.37. The lowest BCUT2D eigenvalue weighted by molar-refractivity contribution is -0.113. The molecule has 0 aliphatic carbocycles. The Kier molecular flexibility index (Phi) is 9.52.